The highest BCUT2D eigenvalue weighted by Gasteiger charge is 2.57. The van der Waals surface area contributed by atoms with Crippen LogP contribution in [0.15, 0.2) is 24.3 Å². The number of ketones is 1. The highest BCUT2D eigenvalue weighted by Crippen LogP contribution is 2.60. The summed E-state index contributed by atoms with van der Waals surface area (Å²) in [6, 6.07) is 8.66. The van der Waals surface area contributed by atoms with Crippen LogP contribution in [-0.4, -0.2) is 19.5 Å². The Hall–Kier alpha value is -1.15. The molecule has 0 aliphatic heterocycles. The molecule has 3 rings (SSSR count). The van der Waals surface area contributed by atoms with Crippen LogP contribution >= 0.6 is 0 Å². The van der Waals surface area contributed by atoms with Gasteiger partial charge in [0.25, 0.3) is 0 Å². The fourth-order valence-corrected chi connectivity index (χ4v) is 3.72. The molecule has 0 bridgehead atoms. The van der Waals surface area contributed by atoms with Crippen molar-refractivity contribution in [3.63, 3.8) is 0 Å². The molecule has 0 heterocycles. The highest BCUT2D eigenvalue weighted by atomic mass is 16.5. The van der Waals surface area contributed by atoms with Crippen LogP contribution in [0.4, 0.5) is 0 Å². The number of hydrogen-bond acceptors (Lipinski definition) is 2. The van der Waals surface area contributed by atoms with Gasteiger partial charge in [-0.3, -0.25) is 4.79 Å². The minimum Gasteiger partial charge on any atom is -0.385 e. The Labute approximate surface area is 115 Å². The molecule has 0 saturated heterocycles. The van der Waals surface area contributed by atoms with Crippen LogP contribution in [0, 0.1) is 17.8 Å². The predicted molar refractivity (Wildman–Crippen MR) is 75.1 cm³/mol. The van der Waals surface area contributed by atoms with Crippen molar-refractivity contribution in [2.24, 2.45) is 17.8 Å². The topological polar surface area (TPSA) is 26.3 Å². The number of methoxy groups -OCH3 is 1. The maximum absolute atomic E-state index is 12.5. The van der Waals surface area contributed by atoms with E-state index in [0.29, 0.717) is 24.2 Å². The summed E-state index contributed by atoms with van der Waals surface area (Å²) in [5.41, 5.74) is 2.90. The normalized spacial score (nSPS) is 29.3. The Bertz CT molecular complexity index is 480. The number of carbonyl (C=O) groups excluding carboxylic acids is 1. The van der Waals surface area contributed by atoms with Crippen molar-refractivity contribution in [3.05, 3.63) is 35.4 Å². The molecule has 1 aromatic rings. The van der Waals surface area contributed by atoms with Crippen LogP contribution in [0.3, 0.4) is 0 Å². The van der Waals surface area contributed by atoms with E-state index in [4.69, 9.17) is 4.74 Å². The average molecular weight is 258 g/mol. The van der Waals surface area contributed by atoms with Crippen LogP contribution in [0.25, 0.3) is 0 Å². The lowest BCUT2D eigenvalue weighted by atomic mass is 9.92. The van der Waals surface area contributed by atoms with Crippen molar-refractivity contribution in [2.75, 3.05) is 13.7 Å². The molecular formula is C17H22O2. The highest BCUT2D eigenvalue weighted by molar-refractivity contribution is 5.88. The van der Waals surface area contributed by atoms with E-state index in [2.05, 4.69) is 31.2 Å². The van der Waals surface area contributed by atoms with E-state index in [-0.39, 0.29) is 11.8 Å². The Morgan fingerprint density at radius 1 is 1.42 bits per heavy atom. The Morgan fingerprint density at radius 3 is 3.00 bits per heavy atom. The lowest BCUT2D eigenvalue weighted by Crippen LogP contribution is -2.16. The van der Waals surface area contributed by atoms with E-state index in [1.54, 1.807) is 7.11 Å². The molecule has 2 heteroatoms. The molecule has 0 N–H and O–H groups in total. The van der Waals surface area contributed by atoms with E-state index in [0.717, 1.165) is 12.8 Å². The van der Waals surface area contributed by atoms with Crippen LogP contribution in [0.1, 0.15) is 36.8 Å². The number of ether oxygens (including phenoxy) is 1. The first kappa shape index (κ1) is 12.9. The van der Waals surface area contributed by atoms with Gasteiger partial charge in [0.05, 0.1) is 0 Å². The van der Waals surface area contributed by atoms with Gasteiger partial charge in [-0.25, -0.2) is 0 Å². The summed E-state index contributed by atoms with van der Waals surface area (Å²) in [4.78, 5) is 12.5. The summed E-state index contributed by atoms with van der Waals surface area (Å²) in [5, 5.41) is 0. The first-order valence-electron chi connectivity index (χ1n) is 7.34. The van der Waals surface area contributed by atoms with Gasteiger partial charge in [-0.05, 0) is 42.2 Å². The van der Waals surface area contributed by atoms with Gasteiger partial charge in [0.1, 0.15) is 5.78 Å². The molecule has 2 aliphatic rings. The monoisotopic (exact) mass is 258 g/mol. The molecule has 2 aliphatic carbocycles. The van der Waals surface area contributed by atoms with E-state index in [1.165, 1.54) is 17.5 Å². The minimum atomic E-state index is 0.141. The van der Waals surface area contributed by atoms with Gasteiger partial charge in [0, 0.05) is 25.6 Å². The van der Waals surface area contributed by atoms with Gasteiger partial charge in [0.2, 0.25) is 0 Å². The number of Topliss-reactive ketones (excluding diaryl/α,β-unsaturated/α-hetero) is 1. The summed E-state index contributed by atoms with van der Waals surface area (Å²) in [6.45, 7) is 2.74. The van der Waals surface area contributed by atoms with Gasteiger partial charge in [-0.2, -0.15) is 0 Å². The third-order valence-electron chi connectivity index (χ3n) is 4.90. The van der Waals surface area contributed by atoms with Crippen LogP contribution < -0.4 is 0 Å². The number of rotatable bonds is 5. The number of hydrogen-bond donors (Lipinski definition) is 0. The van der Waals surface area contributed by atoms with Crippen molar-refractivity contribution in [2.45, 2.75) is 32.1 Å². The number of benzene rings is 1. The molecule has 0 aromatic heterocycles. The molecule has 4 atom stereocenters. The van der Waals surface area contributed by atoms with Crippen LogP contribution in [-0.2, 0) is 16.0 Å². The van der Waals surface area contributed by atoms with Crippen LogP contribution in [0.2, 0.25) is 0 Å². The smallest absolute Gasteiger partial charge is 0.139 e. The summed E-state index contributed by atoms with van der Waals surface area (Å²) in [7, 11) is 1.70. The third kappa shape index (κ3) is 2.23. The molecule has 0 radical (unpaired) electrons. The lowest BCUT2D eigenvalue weighted by Gasteiger charge is -2.13. The van der Waals surface area contributed by atoms with Gasteiger partial charge >= 0.3 is 0 Å². The van der Waals surface area contributed by atoms with Crippen molar-refractivity contribution >= 4 is 5.78 Å². The van der Waals surface area contributed by atoms with E-state index in [9.17, 15) is 4.79 Å². The molecule has 2 nitrogen and oxygen atoms in total. The zero-order chi connectivity index (χ0) is 13.4. The Balaban J connectivity index is 1.72. The number of aryl methyl sites for hydroxylation is 1. The molecule has 102 valence electrons. The fourth-order valence-electron chi connectivity index (χ4n) is 3.72. The molecular weight excluding hydrogens is 236 g/mol. The Morgan fingerprint density at radius 2 is 2.21 bits per heavy atom. The molecule has 4 unspecified atom stereocenters. The van der Waals surface area contributed by atoms with Crippen molar-refractivity contribution < 1.29 is 9.53 Å². The predicted octanol–water partition coefficient (Wildman–Crippen LogP) is 3.20. The van der Waals surface area contributed by atoms with E-state index < -0.39 is 0 Å². The van der Waals surface area contributed by atoms with E-state index in [1.807, 2.05) is 0 Å². The SMILES string of the molecule is COCCC(C)C(=O)C1C2CCc3ccccc3C21. The zero-order valence-electron chi connectivity index (χ0n) is 11.8. The molecule has 1 fully saturated rings. The summed E-state index contributed by atoms with van der Waals surface area (Å²) >= 11 is 0. The standard InChI is InChI=1S/C17H22O2/c1-11(9-10-19-2)17(18)16-14-8-7-12-5-3-4-6-13(12)15(14)16/h3-6,11,14-16H,7-10H2,1-2H3. The fraction of sp³-hybridized carbons (Fsp3) is 0.588. The molecule has 1 saturated carbocycles. The molecule has 19 heavy (non-hydrogen) atoms. The second-order valence-corrected chi connectivity index (χ2v) is 6.04. The zero-order valence-corrected chi connectivity index (χ0v) is 11.8. The first-order chi connectivity index (χ1) is 9.24. The minimum absolute atomic E-state index is 0.141. The molecule has 0 spiro atoms. The number of carbonyl (C=O) groups is 1. The first-order valence-corrected chi connectivity index (χ1v) is 7.34. The Kier molecular flexibility index (Phi) is 3.44. The summed E-state index contributed by atoms with van der Waals surface area (Å²) in [5.74, 6) is 2.02. The van der Waals surface area contributed by atoms with Gasteiger partial charge in [-0.1, -0.05) is 31.2 Å². The van der Waals surface area contributed by atoms with Crippen molar-refractivity contribution in [1.82, 2.24) is 0 Å². The third-order valence-corrected chi connectivity index (χ3v) is 4.90. The summed E-state index contributed by atoms with van der Waals surface area (Å²) < 4.78 is 5.09. The van der Waals surface area contributed by atoms with Crippen molar-refractivity contribution in [1.29, 1.82) is 0 Å². The molecule has 1 aromatic carbocycles. The molecule has 0 amide bonds. The van der Waals surface area contributed by atoms with E-state index >= 15 is 0 Å². The van der Waals surface area contributed by atoms with Crippen molar-refractivity contribution in [3.8, 4) is 0 Å². The second-order valence-electron chi connectivity index (χ2n) is 6.04. The second kappa shape index (κ2) is 5.09. The maximum Gasteiger partial charge on any atom is 0.139 e. The quantitative estimate of drug-likeness (QED) is 0.810. The van der Waals surface area contributed by atoms with Gasteiger partial charge in [-0.15, -0.1) is 0 Å². The lowest BCUT2D eigenvalue weighted by molar-refractivity contribution is -0.124. The average Bonchev–Trinajstić information content (AvgIpc) is 3.18. The summed E-state index contributed by atoms with van der Waals surface area (Å²) in [6.07, 6.45) is 3.19. The van der Waals surface area contributed by atoms with Crippen LogP contribution in [0.5, 0.6) is 0 Å². The van der Waals surface area contributed by atoms with Gasteiger partial charge in [0.15, 0.2) is 0 Å². The maximum atomic E-state index is 12.5. The largest absolute Gasteiger partial charge is 0.385 e. The number of fused-ring (bicyclic) bond motifs is 3. The van der Waals surface area contributed by atoms with Gasteiger partial charge < -0.3 is 4.74 Å².